The van der Waals surface area contributed by atoms with Gasteiger partial charge in [-0.2, -0.15) is 5.10 Å². The molecule has 0 saturated heterocycles. The normalized spacial score (nSPS) is 19.7. The molecule has 112 valence electrons. The standard InChI is InChI=1S/C13H22N4O2S/c1-14-6-7-17-9-12(8-15-17)20(18,19)16-13(10-2-3-10)11-4-5-11/h8-11,13-14,16H,2-7H2,1H3. The van der Waals surface area contributed by atoms with Crippen molar-refractivity contribution in [3.8, 4) is 0 Å². The summed E-state index contributed by atoms with van der Waals surface area (Å²) in [5, 5.41) is 7.12. The van der Waals surface area contributed by atoms with Crippen molar-refractivity contribution in [3.05, 3.63) is 12.4 Å². The van der Waals surface area contributed by atoms with Gasteiger partial charge in [0.05, 0.1) is 12.7 Å². The summed E-state index contributed by atoms with van der Waals surface area (Å²) >= 11 is 0. The SMILES string of the molecule is CNCCn1cc(S(=O)(=O)NC(C2CC2)C2CC2)cn1. The third kappa shape index (κ3) is 3.21. The molecule has 1 heterocycles. The molecule has 6 nitrogen and oxygen atoms in total. The molecule has 0 radical (unpaired) electrons. The van der Waals surface area contributed by atoms with E-state index in [-0.39, 0.29) is 10.9 Å². The van der Waals surface area contributed by atoms with Gasteiger partial charge in [-0.1, -0.05) is 0 Å². The van der Waals surface area contributed by atoms with Crippen LogP contribution in [-0.4, -0.2) is 37.8 Å². The maximum atomic E-state index is 12.4. The lowest BCUT2D eigenvalue weighted by Crippen LogP contribution is -2.37. The molecular formula is C13H22N4O2S. The smallest absolute Gasteiger partial charge is 0.243 e. The van der Waals surface area contributed by atoms with Gasteiger partial charge < -0.3 is 5.32 Å². The molecule has 2 N–H and O–H groups in total. The molecule has 0 amide bonds. The third-order valence-corrected chi connectivity index (χ3v) is 5.48. The largest absolute Gasteiger partial charge is 0.318 e. The van der Waals surface area contributed by atoms with Crippen LogP contribution in [0.4, 0.5) is 0 Å². The summed E-state index contributed by atoms with van der Waals surface area (Å²) in [6.07, 6.45) is 7.68. The minimum Gasteiger partial charge on any atom is -0.318 e. The highest BCUT2D eigenvalue weighted by Gasteiger charge is 2.43. The number of hydrogen-bond donors (Lipinski definition) is 2. The van der Waals surface area contributed by atoms with Gasteiger partial charge in [0.1, 0.15) is 4.90 Å². The lowest BCUT2D eigenvalue weighted by molar-refractivity contribution is 0.471. The van der Waals surface area contributed by atoms with Crippen molar-refractivity contribution in [1.29, 1.82) is 0 Å². The van der Waals surface area contributed by atoms with Crippen LogP contribution in [0.15, 0.2) is 17.3 Å². The maximum absolute atomic E-state index is 12.4. The Hall–Kier alpha value is -0.920. The van der Waals surface area contributed by atoms with Gasteiger partial charge in [-0.05, 0) is 44.6 Å². The fraction of sp³-hybridized carbons (Fsp3) is 0.769. The molecule has 0 atom stereocenters. The number of nitrogens with one attached hydrogen (secondary N) is 2. The van der Waals surface area contributed by atoms with Gasteiger partial charge >= 0.3 is 0 Å². The van der Waals surface area contributed by atoms with Crippen molar-refractivity contribution in [1.82, 2.24) is 19.8 Å². The van der Waals surface area contributed by atoms with Crippen molar-refractivity contribution >= 4 is 10.0 Å². The average molecular weight is 298 g/mol. The Labute approximate surface area is 120 Å². The molecule has 0 bridgehead atoms. The molecular weight excluding hydrogens is 276 g/mol. The van der Waals surface area contributed by atoms with E-state index in [2.05, 4.69) is 15.1 Å². The Morgan fingerprint density at radius 3 is 2.55 bits per heavy atom. The van der Waals surface area contributed by atoms with E-state index >= 15 is 0 Å². The van der Waals surface area contributed by atoms with E-state index in [1.54, 1.807) is 10.9 Å². The average Bonchev–Trinajstić information content (AvgIpc) is 3.32. The molecule has 2 aliphatic rings. The Morgan fingerprint density at radius 2 is 2.00 bits per heavy atom. The molecule has 3 rings (SSSR count). The number of likely N-dealkylation sites (N-methyl/N-ethyl adjacent to an activating group) is 1. The van der Waals surface area contributed by atoms with Crippen LogP contribution in [0.25, 0.3) is 0 Å². The van der Waals surface area contributed by atoms with E-state index in [0.29, 0.717) is 18.4 Å². The van der Waals surface area contributed by atoms with E-state index in [0.717, 1.165) is 32.2 Å². The topological polar surface area (TPSA) is 76.0 Å². The highest BCUT2D eigenvalue weighted by atomic mass is 32.2. The quantitative estimate of drug-likeness (QED) is 0.736. The third-order valence-electron chi connectivity index (χ3n) is 4.06. The van der Waals surface area contributed by atoms with E-state index in [9.17, 15) is 8.42 Å². The first-order chi connectivity index (χ1) is 9.60. The van der Waals surface area contributed by atoms with E-state index in [1.165, 1.54) is 6.20 Å². The van der Waals surface area contributed by atoms with Crippen LogP contribution in [0.3, 0.4) is 0 Å². The van der Waals surface area contributed by atoms with Crippen molar-refractivity contribution in [2.24, 2.45) is 11.8 Å². The first kappa shape index (κ1) is 14.0. The number of rotatable bonds is 8. The van der Waals surface area contributed by atoms with E-state index in [4.69, 9.17) is 0 Å². The summed E-state index contributed by atoms with van der Waals surface area (Å²) in [6.45, 7) is 1.43. The number of aromatic nitrogens is 2. The molecule has 2 aliphatic carbocycles. The van der Waals surface area contributed by atoms with Gasteiger partial charge in [0.2, 0.25) is 10.0 Å². The number of nitrogens with zero attached hydrogens (tertiary/aromatic N) is 2. The van der Waals surface area contributed by atoms with Crippen molar-refractivity contribution < 1.29 is 8.42 Å². The first-order valence-electron chi connectivity index (χ1n) is 7.29. The molecule has 2 saturated carbocycles. The molecule has 1 aromatic heterocycles. The van der Waals surface area contributed by atoms with Gasteiger partial charge in [-0.3, -0.25) is 4.68 Å². The van der Waals surface area contributed by atoms with Crippen LogP contribution in [0.5, 0.6) is 0 Å². The molecule has 2 fully saturated rings. The Bertz CT molecular complexity index is 549. The molecule has 1 aromatic rings. The summed E-state index contributed by atoms with van der Waals surface area (Å²) in [7, 11) is -1.57. The van der Waals surface area contributed by atoms with Crippen LogP contribution in [-0.2, 0) is 16.6 Å². The summed E-state index contributed by atoms with van der Waals surface area (Å²) < 4.78 is 29.4. The molecule has 0 aliphatic heterocycles. The number of hydrogen-bond acceptors (Lipinski definition) is 4. The predicted molar refractivity (Wildman–Crippen MR) is 75.7 cm³/mol. The fourth-order valence-electron chi connectivity index (χ4n) is 2.57. The Balaban J connectivity index is 1.68. The van der Waals surface area contributed by atoms with E-state index < -0.39 is 10.0 Å². The molecule has 0 spiro atoms. The molecule has 0 unspecified atom stereocenters. The maximum Gasteiger partial charge on any atom is 0.243 e. The lowest BCUT2D eigenvalue weighted by atomic mass is 10.1. The van der Waals surface area contributed by atoms with E-state index in [1.807, 2.05) is 7.05 Å². The zero-order chi connectivity index (χ0) is 14.2. The molecule has 20 heavy (non-hydrogen) atoms. The van der Waals surface area contributed by atoms with Gasteiger partial charge in [0.15, 0.2) is 0 Å². The van der Waals surface area contributed by atoms with Crippen LogP contribution in [0, 0.1) is 11.8 Å². The summed E-state index contributed by atoms with van der Waals surface area (Å²) in [6, 6.07) is 0.139. The zero-order valence-corrected chi connectivity index (χ0v) is 12.6. The Morgan fingerprint density at radius 1 is 1.35 bits per heavy atom. The van der Waals surface area contributed by atoms with Gasteiger partial charge in [0, 0.05) is 18.8 Å². The predicted octanol–water partition coefficient (Wildman–Crippen LogP) is 0.569. The zero-order valence-electron chi connectivity index (χ0n) is 11.7. The second-order valence-electron chi connectivity index (χ2n) is 5.86. The van der Waals surface area contributed by atoms with Crippen LogP contribution < -0.4 is 10.0 Å². The second kappa shape index (κ2) is 5.46. The summed E-state index contributed by atoms with van der Waals surface area (Å²) in [5.41, 5.74) is 0. The van der Waals surface area contributed by atoms with Crippen molar-refractivity contribution in [3.63, 3.8) is 0 Å². The van der Waals surface area contributed by atoms with Crippen LogP contribution in [0.1, 0.15) is 25.7 Å². The monoisotopic (exact) mass is 298 g/mol. The summed E-state index contributed by atoms with van der Waals surface area (Å²) in [5.74, 6) is 1.10. The number of sulfonamides is 1. The van der Waals surface area contributed by atoms with Crippen LogP contribution in [0.2, 0.25) is 0 Å². The van der Waals surface area contributed by atoms with Crippen molar-refractivity contribution in [2.45, 2.75) is 43.2 Å². The highest BCUT2D eigenvalue weighted by molar-refractivity contribution is 7.89. The van der Waals surface area contributed by atoms with Gasteiger partial charge in [-0.15, -0.1) is 0 Å². The fourth-order valence-corrected chi connectivity index (χ4v) is 3.89. The van der Waals surface area contributed by atoms with Crippen molar-refractivity contribution in [2.75, 3.05) is 13.6 Å². The minimum absolute atomic E-state index is 0.139. The second-order valence-corrected chi connectivity index (χ2v) is 7.58. The Kier molecular flexibility index (Phi) is 3.83. The summed E-state index contributed by atoms with van der Waals surface area (Å²) in [4.78, 5) is 0.278. The minimum atomic E-state index is -3.43. The lowest BCUT2D eigenvalue weighted by Gasteiger charge is -2.16. The molecule has 0 aromatic carbocycles. The first-order valence-corrected chi connectivity index (χ1v) is 8.78. The molecule has 7 heteroatoms. The van der Waals surface area contributed by atoms with Crippen LogP contribution >= 0.6 is 0 Å². The highest BCUT2D eigenvalue weighted by Crippen LogP contribution is 2.45. The van der Waals surface area contributed by atoms with Gasteiger partial charge in [-0.25, -0.2) is 13.1 Å². The van der Waals surface area contributed by atoms with Gasteiger partial charge in [0.25, 0.3) is 0 Å².